The molecule has 0 aromatic carbocycles. The van der Waals surface area contributed by atoms with Crippen LogP contribution in [-0.4, -0.2) is 152 Å². The van der Waals surface area contributed by atoms with Crippen LogP contribution < -0.4 is 16.0 Å². The first-order valence-electron chi connectivity index (χ1n) is 12.6. The van der Waals surface area contributed by atoms with Gasteiger partial charge < -0.3 is 70.1 Å². The van der Waals surface area contributed by atoms with E-state index in [2.05, 4.69) is 16.0 Å². The van der Waals surface area contributed by atoms with Crippen LogP contribution in [0.15, 0.2) is 0 Å². The first-order valence-corrected chi connectivity index (χ1v) is 12.6. The second kappa shape index (κ2) is 11.7. The van der Waals surface area contributed by atoms with Crippen molar-refractivity contribution < 1.29 is 69.0 Å². The lowest BCUT2D eigenvalue weighted by molar-refractivity contribution is -0.323. The molecule has 4 aliphatic heterocycles. The average molecular weight is 568 g/mol. The van der Waals surface area contributed by atoms with Gasteiger partial charge in [0, 0.05) is 13.8 Å². The maximum atomic E-state index is 11.8. The fourth-order valence-electron chi connectivity index (χ4n) is 5.12. The number of amides is 2. The van der Waals surface area contributed by atoms with Gasteiger partial charge in [-0.05, 0) is 6.92 Å². The summed E-state index contributed by atoms with van der Waals surface area (Å²) in [5.74, 6) is -1.09. The van der Waals surface area contributed by atoms with Gasteiger partial charge >= 0.3 is 0 Å². The number of ether oxygens (including phenoxy) is 5. The van der Waals surface area contributed by atoms with E-state index in [9.17, 15) is 45.3 Å². The van der Waals surface area contributed by atoms with Crippen molar-refractivity contribution in [3.05, 3.63) is 0 Å². The number of hydrogen-bond donors (Lipinski definition) is 10. The number of carbonyl (C=O) groups excluding carboxylic acids is 2. The fourth-order valence-corrected chi connectivity index (χ4v) is 5.12. The number of aliphatic hydroxyl groups excluding tert-OH is 7. The summed E-state index contributed by atoms with van der Waals surface area (Å²) in [4.78, 5) is 23.6. The topological polar surface area (TPSA) is 268 Å². The highest BCUT2D eigenvalue weighted by Crippen LogP contribution is 2.40. The number of carbonyl (C=O) groups is 2. The van der Waals surface area contributed by atoms with Gasteiger partial charge in [-0.3, -0.25) is 14.9 Å². The molecule has 17 nitrogen and oxygen atoms in total. The van der Waals surface area contributed by atoms with Gasteiger partial charge in [0.25, 0.3) is 0 Å². The molecule has 4 fully saturated rings. The second-order valence-corrected chi connectivity index (χ2v) is 10.2. The molecule has 4 aliphatic rings. The Morgan fingerprint density at radius 1 is 0.872 bits per heavy atom. The van der Waals surface area contributed by atoms with E-state index >= 15 is 0 Å². The molecular formula is C22H37N3O14. The Morgan fingerprint density at radius 2 is 1.56 bits per heavy atom. The summed E-state index contributed by atoms with van der Waals surface area (Å²) in [6, 6.07) is -1.34. The summed E-state index contributed by atoms with van der Waals surface area (Å²) >= 11 is 0. The fraction of sp³-hybridized carbons (Fsp3) is 0.909. The Labute approximate surface area is 222 Å². The Kier molecular flexibility index (Phi) is 9.14. The SMILES string of the molecule is CC(=O)N[C@H]1[C@H](O[C@@H]2[C@@H](CO[C@@H]3O[C@@H](C)[C@@H](O)[C@@H](O)[C@@H]3O)O[C@@H]3N[C@@]3(NC(C)=O)[C@H]2O)O[C@H](CO)[C@@H](O)[C@@H]1O. The van der Waals surface area contributed by atoms with Gasteiger partial charge in [0.2, 0.25) is 11.8 Å². The van der Waals surface area contributed by atoms with E-state index in [1.807, 2.05) is 0 Å². The Hall–Kier alpha value is -1.58. The normalized spacial score (nSPS) is 49.6. The Balaban J connectivity index is 1.56. The van der Waals surface area contributed by atoms with Crippen LogP contribution in [0.3, 0.4) is 0 Å². The van der Waals surface area contributed by atoms with Gasteiger partial charge in [-0.1, -0.05) is 0 Å². The smallest absolute Gasteiger partial charge is 0.218 e. The zero-order chi connectivity index (χ0) is 28.8. The molecule has 4 saturated heterocycles. The first kappa shape index (κ1) is 30.4. The van der Waals surface area contributed by atoms with Crippen molar-refractivity contribution in [2.75, 3.05) is 13.2 Å². The summed E-state index contributed by atoms with van der Waals surface area (Å²) in [5.41, 5.74) is -1.45. The van der Waals surface area contributed by atoms with Crippen molar-refractivity contribution in [3.8, 4) is 0 Å². The third-order valence-electron chi connectivity index (χ3n) is 7.31. The minimum absolute atomic E-state index is 0.403. The van der Waals surface area contributed by atoms with Crippen LogP contribution in [0.2, 0.25) is 0 Å². The summed E-state index contributed by atoms with van der Waals surface area (Å²) in [6.45, 7) is 2.75. The maximum absolute atomic E-state index is 11.8. The van der Waals surface area contributed by atoms with E-state index in [0.717, 1.165) is 6.92 Å². The monoisotopic (exact) mass is 567 g/mol. The number of hydrogen-bond acceptors (Lipinski definition) is 15. The Morgan fingerprint density at radius 3 is 2.18 bits per heavy atom. The van der Waals surface area contributed by atoms with Crippen molar-refractivity contribution >= 4 is 11.8 Å². The van der Waals surface area contributed by atoms with Gasteiger partial charge in [0.1, 0.15) is 67.2 Å². The standard InChI is InChI=1S/C22H37N3O14/c1-6-12(29)15(32)16(33)20(36-6)35-5-10-17(18(34)22(24-8(3)28)21(25-22)38-10)39-19-11(23-7(2)27)14(31)13(30)9(4-26)37-19/h6,9-21,25-26,29-34H,4-5H2,1-3H3,(H,23,27)(H,24,28)/t6-,9+,10+,11+,12+,13+,14+,15+,16-,17+,18-,19-,20+,21-,22-/m0/s1. The second-order valence-electron chi connectivity index (χ2n) is 10.2. The molecule has 0 unspecified atom stereocenters. The summed E-state index contributed by atoms with van der Waals surface area (Å²) < 4.78 is 28.6. The van der Waals surface area contributed by atoms with Crippen LogP contribution in [-0.2, 0) is 33.3 Å². The van der Waals surface area contributed by atoms with Gasteiger partial charge in [-0.15, -0.1) is 0 Å². The van der Waals surface area contributed by atoms with Crippen LogP contribution in [0, 0.1) is 0 Å². The molecule has 0 spiro atoms. The minimum atomic E-state index is -1.63. The van der Waals surface area contributed by atoms with Crippen molar-refractivity contribution in [2.45, 2.75) is 112 Å². The number of aliphatic hydroxyl groups is 7. The molecule has 17 heteroatoms. The summed E-state index contributed by atoms with van der Waals surface area (Å²) in [6.07, 6.45) is -17.7. The first-order chi connectivity index (χ1) is 18.3. The summed E-state index contributed by atoms with van der Waals surface area (Å²) in [7, 11) is 0. The third-order valence-corrected chi connectivity index (χ3v) is 7.31. The average Bonchev–Trinajstić information content (AvgIpc) is 3.58. The highest BCUT2D eigenvalue weighted by atomic mass is 16.7. The highest BCUT2D eigenvalue weighted by molar-refractivity contribution is 5.74. The summed E-state index contributed by atoms with van der Waals surface area (Å²) in [5, 5.41) is 79.9. The van der Waals surface area contributed by atoms with E-state index < -0.39 is 117 Å². The van der Waals surface area contributed by atoms with Crippen LogP contribution >= 0.6 is 0 Å². The van der Waals surface area contributed by atoms with E-state index in [-0.39, 0.29) is 0 Å². The maximum Gasteiger partial charge on any atom is 0.218 e. The lowest BCUT2D eigenvalue weighted by atomic mass is 9.94. The number of nitrogens with one attached hydrogen (secondary N) is 3. The van der Waals surface area contributed by atoms with Crippen molar-refractivity contribution in [3.63, 3.8) is 0 Å². The zero-order valence-electron chi connectivity index (χ0n) is 21.5. The predicted octanol–water partition coefficient (Wildman–Crippen LogP) is -6.32. The van der Waals surface area contributed by atoms with E-state index in [1.54, 1.807) is 0 Å². The van der Waals surface area contributed by atoms with E-state index in [0.29, 0.717) is 0 Å². The molecule has 0 saturated carbocycles. The van der Waals surface area contributed by atoms with Crippen molar-refractivity contribution in [2.24, 2.45) is 0 Å². The molecule has 0 radical (unpaired) electrons. The van der Waals surface area contributed by atoms with Gasteiger partial charge in [-0.2, -0.15) is 0 Å². The number of fused-ring (bicyclic) bond motifs is 1. The van der Waals surface area contributed by atoms with Gasteiger partial charge in [0.05, 0.1) is 19.3 Å². The Bertz CT molecular complexity index is 900. The molecule has 2 amide bonds. The van der Waals surface area contributed by atoms with Crippen LogP contribution in [0.1, 0.15) is 20.8 Å². The molecule has 224 valence electrons. The van der Waals surface area contributed by atoms with Gasteiger partial charge in [0.15, 0.2) is 18.2 Å². The molecule has 0 aliphatic carbocycles. The van der Waals surface area contributed by atoms with Crippen molar-refractivity contribution in [1.29, 1.82) is 0 Å². The molecule has 0 aromatic rings. The van der Waals surface area contributed by atoms with E-state index in [1.165, 1.54) is 13.8 Å². The van der Waals surface area contributed by atoms with Crippen LogP contribution in [0.25, 0.3) is 0 Å². The minimum Gasteiger partial charge on any atom is -0.394 e. The van der Waals surface area contributed by atoms with E-state index in [4.69, 9.17) is 23.7 Å². The molecule has 39 heavy (non-hydrogen) atoms. The molecular weight excluding hydrogens is 530 g/mol. The molecule has 10 N–H and O–H groups in total. The predicted molar refractivity (Wildman–Crippen MR) is 123 cm³/mol. The third kappa shape index (κ3) is 5.91. The molecule has 0 aromatic heterocycles. The molecule has 0 bridgehead atoms. The molecule has 4 rings (SSSR count). The highest BCUT2D eigenvalue weighted by Gasteiger charge is 2.69. The zero-order valence-corrected chi connectivity index (χ0v) is 21.5. The quantitative estimate of drug-likeness (QED) is 0.122. The largest absolute Gasteiger partial charge is 0.394 e. The lowest BCUT2D eigenvalue weighted by Crippen LogP contribution is -2.68. The van der Waals surface area contributed by atoms with Crippen LogP contribution in [0.4, 0.5) is 0 Å². The van der Waals surface area contributed by atoms with Gasteiger partial charge in [-0.25, -0.2) is 0 Å². The number of rotatable bonds is 8. The molecule has 15 atom stereocenters. The lowest BCUT2D eigenvalue weighted by Gasteiger charge is -2.46. The van der Waals surface area contributed by atoms with Crippen LogP contribution in [0.5, 0.6) is 0 Å². The molecule has 4 heterocycles. The van der Waals surface area contributed by atoms with Crippen molar-refractivity contribution in [1.82, 2.24) is 16.0 Å².